The van der Waals surface area contributed by atoms with E-state index in [9.17, 15) is 17.6 Å². The van der Waals surface area contributed by atoms with Crippen LogP contribution < -0.4 is 5.32 Å². The van der Waals surface area contributed by atoms with Crippen molar-refractivity contribution in [2.75, 3.05) is 5.75 Å². The third-order valence-corrected chi connectivity index (χ3v) is 5.59. The number of carbonyl (C=O) groups excluding carboxylic acids is 1. The van der Waals surface area contributed by atoms with E-state index in [0.717, 1.165) is 6.07 Å². The quantitative estimate of drug-likeness (QED) is 0.765. The molecule has 8 heteroatoms. The molecule has 0 aromatic heterocycles. The predicted molar refractivity (Wildman–Crippen MR) is 96.8 cm³/mol. The van der Waals surface area contributed by atoms with E-state index in [4.69, 9.17) is 23.2 Å². The molecule has 0 saturated heterocycles. The molecule has 0 spiro atoms. The van der Waals surface area contributed by atoms with Crippen molar-refractivity contribution < 1.29 is 17.6 Å². The summed E-state index contributed by atoms with van der Waals surface area (Å²) >= 11 is 11.7. The average molecular weight is 404 g/mol. The van der Waals surface area contributed by atoms with E-state index in [0.29, 0.717) is 16.1 Å². The largest absolute Gasteiger partial charge is 0.352 e. The van der Waals surface area contributed by atoms with E-state index in [1.165, 1.54) is 12.1 Å². The molecule has 0 saturated carbocycles. The van der Waals surface area contributed by atoms with Crippen LogP contribution in [0.1, 0.15) is 17.5 Å². The summed E-state index contributed by atoms with van der Waals surface area (Å²) in [6, 6.07) is 10.4. The smallest absolute Gasteiger partial charge is 0.221 e. The van der Waals surface area contributed by atoms with Gasteiger partial charge in [-0.2, -0.15) is 0 Å². The lowest BCUT2D eigenvalue weighted by Crippen LogP contribution is -2.25. The molecule has 0 bridgehead atoms. The summed E-state index contributed by atoms with van der Waals surface area (Å²) in [5, 5.41) is 3.24. The zero-order valence-electron chi connectivity index (χ0n) is 13.1. The fourth-order valence-electron chi connectivity index (χ4n) is 2.15. The Kier molecular flexibility index (Phi) is 6.81. The van der Waals surface area contributed by atoms with Gasteiger partial charge in [-0.3, -0.25) is 4.79 Å². The summed E-state index contributed by atoms with van der Waals surface area (Å²) in [5.41, 5.74) is 1.13. The summed E-state index contributed by atoms with van der Waals surface area (Å²) in [7, 11) is -3.44. The molecule has 0 aliphatic carbocycles. The molecule has 0 unspecified atom stereocenters. The SMILES string of the molecule is O=C(CCS(=O)(=O)Cc1cccc(Cl)c1)NCc1ccc(F)cc1Cl. The van der Waals surface area contributed by atoms with Crippen molar-refractivity contribution in [2.45, 2.75) is 18.7 Å². The van der Waals surface area contributed by atoms with Gasteiger partial charge in [0.2, 0.25) is 5.91 Å². The van der Waals surface area contributed by atoms with Gasteiger partial charge in [-0.15, -0.1) is 0 Å². The van der Waals surface area contributed by atoms with Gasteiger partial charge in [-0.25, -0.2) is 12.8 Å². The standard InChI is InChI=1S/C17H16Cl2FNO3S/c18-14-3-1-2-12(8-14)11-25(23,24)7-6-17(22)21-10-13-4-5-15(20)9-16(13)19/h1-5,8-9H,6-7,10-11H2,(H,21,22). The Hall–Kier alpha value is -1.63. The average Bonchev–Trinajstić information content (AvgIpc) is 2.52. The van der Waals surface area contributed by atoms with E-state index in [1.807, 2.05) is 0 Å². The van der Waals surface area contributed by atoms with Crippen molar-refractivity contribution in [2.24, 2.45) is 0 Å². The van der Waals surface area contributed by atoms with Crippen molar-refractivity contribution in [3.8, 4) is 0 Å². The van der Waals surface area contributed by atoms with Gasteiger partial charge in [0.05, 0.1) is 11.5 Å². The van der Waals surface area contributed by atoms with Crippen molar-refractivity contribution in [3.05, 3.63) is 69.5 Å². The highest BCUT2D eigenvalue weighted by Crippen LogP contribution is 2.17. The minimum Gasteiger partial charge on any atom is -0.352 e. The molecule has 2 aromatic carbocycles. The second-order valence-corrected chi connectivity index (χ2v) is 8.51. The fourth-order valence-corrected chi connectivity index (χ4v) is 3.92. The van der Waals surface area contributed by atoms with Crippen LogP contribution in [0.2, 0.25) is 10.0 Å². The number of sulfone groups is 1. The molecule has 134 valence electrons. The zero-order chi connectivity index (χ0) is 18.4. The molecule has 1 amide bonds. The first-order valence-corrected chi connectivity index (χ1v) is 9.98. The lowest BCUT2D eigenvalue weighted by atomic mass is 10.2. The van der Waals surface area contributed by atoms with E-state index in [2.05, 4.69) is 5.32 Å². The Bertz CT molecular complexity index is 872. The number of amides is 1. The lowest BCUT2D eigenvalue weighted by Gasteiger charge is -2.08. The van der Waals surface area contributed by atoms with Gasteiger partial charge >= 0.3 is 0 Å². The molecule has 1 N–H and O–H groups in total. The van der Waals surface area contributed by atoms with Crippen LogP contribution in [0.15, 0.2) is 42.5 Å². The number of carbonyl (C=O) groups is 1. The van der Waals surface area contributed by atoms with Crippen molar-refractivity contribution in [1.82, 2.24) is 5.32 Å². The zero-order valence-corrected chi connectivity index (χ0v) is 15.5. The first-order chi connectivity index (χ1) is 11.7. The molecule has 0 radical (unpaired) electrons. The summed E-state index contributed by atoms with van der Waals surface area (Å²) in [4.78, 5) is 11.8. The maximum Gasteiger partial charge on any atom is 0.221 e. The summed E-state index contributed by atoms with van der Waals surface area (Å²) < 4.78 is 37.1. The highest BCUT2D eigenvalue weighted by molar-refractivity contribution is 7.90. The minimum atomic E-state index is -3.44. The van der Waals surface area contributed by atoms with E-state index in [-0.39, 0.29) is 29.5 Å². The van der Waals surface area contributed by atoms with Crippen molar-refractivity contribution in [1.29, 1.82) is 0 Å². The Labute approximate surface area is 155 Å². The topological polar surface area (TPSA) is 63.2 Å². The van der Waals surface area contributed by atoms with Gasteiger partial charge in [-0.05, 0) is 35.4 Å². The van der Waals surface area contributed by atoms with Crippen LogP contribution in [0.5, 0.6) is 0 Å². The van der Waals surface area contributed by atoms with Gasteiger partial charge in [-0.1, -0.05) is 41.4 Å². The first kappa shape index (κ1) is 19.7. The van der Waals surface area contributed by atoms with Crippen LogP contribution in [-0.4, -0.2) is 20.1 Å². The number of rotatable bonds is 7. The van der Waals surface area contributed by atoms with Gasteiger partial charge in [0, 0.05) is 23.0 Å². The predicted octanol–water partition coefficient (Wildman–Crippen LogP) is 3.75. The van der Waals surface area contributed by atoms with Crippen LogP contribution in [0.3, 0.4) is 0 Å². The molecule has 0 fully saturated rings. The molecule has 0 atom stereocenters. The van der Waals surface area contributed by atoms with Crippen LogP contribution >= 0.6 is 23.2 Å². The molecule has 25 heavy (non-hydrogen) atoms. The number of benzene rings is 2. The Balaban J connectivity index is 1.84. The van der Waals surface area contributed by atoms with Crippen LogP contribution in [-0.2, 0) is 26.9 Å². The molecule has 0 aliphatic heterocycles. The molecule has 2 rings (SSSR count). The van der Waals surface area contributed by atoms with Crippen molar-refractivity contribution in [3.63, 3.8) is 0 Å². The van der Waals surface area contributed by atoms with E-state index in [1.54, 1.807) is 24.3 Å². The Morgan fingerprint density at radius 3 is 2.56 bits per heavy atom. The highest BCUT2D eigenvalue weighted by atomic mass is 35.5. The van der Waals surface area contributed by atoms with Crippen LogP contribution in [0.25, 0.3) is 0 Å². The van der Waals surface area contributed by atoms with Crippen LogP contribution in [0.4, 0.5) is 4.39 Å². The van der Waals surface area contributed by atoms with E-state index >= 15 is 0 Å². The Morgan fingerprint density at radius 1 is 1.12 bits per heavy atom. The molecular formula is C17H16Cl2FNO3S. The molecular weight excluding hydrogens is 388 g/mol. The van der Waals surface area contributed by atoms with Gasteiger partial charge in [0.15, 0.2) is 9.84 Å². The summed E-state index contributed by atoms with van der Waals surface area (Å²) in [6.07, 6.45) is -0.165. The second kappa shape index (κ2) is 8.65. The third-order valence-electron chi connectivity index (χ3n) is 3.41. The molecule has 2 aromatic rings. The normalized spacial score (nSPS) is 11.3. The number of hydrogen-bond acceptors (Lipinski definition) is 3. The molecule has 0 heterocycles. The number of nitrogens with one attached hydrogen (secondary N) is 1. The number of halogens is 3. The molecule has 0 aliphatic rings. The highest BCUT2D eigenvalue weighted by Gasteiger charge is 2.15. The summed E-state index contributed by atoms with van der Waals surface area (Å²) in [6.45, 7) is 0.103. The van der Waals surface area contributed by atoms with Gasteiger partial charge in [0.1, 0.15) is 5.82 Å². The van der Waals surface area contributed by atoms with Gasteiger partial charge in [0.25, 0.3) is 0 Å². The third kappa shape index (κ3) is 6.65. The van der Waals surface area contributed by atoms with Crippen molar-refractivity contribution >= 4 is 38.9 Å². The first-order valence-electron chi connectivity index (χ1n) is 7.41. The van der Waals surface area contributed by atoms with Gasteiger partial charge < -0.3 is 5.32 Å². The fraction of sp³-hybridized carbons (Fsp3) is 0.235. The maximum atomic E-state index is 13.0. The second-order valence-electron chi connectivity index (χ2n) is 5.48. The Morgan fingerprint density at radius 2 is 1.88 bits per heavy atom. The van der Waals surface area contributed by atoms with Crippen LogP contribution in [0, 0.1) is 5.82 Å². The number of hydrogen-bond donors (Lipinski definition) is 1. The lowest BCUT2D eigenvalue weighted by molar-refractivity contribution is -0.120. The molecule has 4 nitrogen and oxygen atoms in total. The maximum absolute atomic E-state index is 13.0. The monoisotopic (exact) mass is 403 g/mol. The minimum absolute atomic E-state index is 0.103. The summed E-state index contributed by atoms with van der Waals surface area (Å²) in [5.74, 6) is -1.34. The van der Waals surface area contributed by atoms with E-state index < -0.39 is 21.6 Å².